The van der Waals surface area contributed by atoms with Crippen LogP contribution in [0, 0.1) is 11.3 Å². The standard InChI is InChI=1S/C15H11F3N2/c16-15(17,18)13-7-12(8-19)14(20-13)11-5-3-10(4-6-11)9-1-2-9/h3-7,9,20H,1-2H2. The molecular formula is C15H11F3N2. The number of aromatic nitrogens is 1. The Morgan fingerprint density at radius 2 is 1.80 bits per heavy atom. The van der Waals surface area contributed by atoms with E-state index in [1.165, 1.54) is 18.4 Å². The molecule has 3 rings (SSSR count). The zero-order valence-electron chi connectivity index (χ0n) is 10.5. The van der Waals surface area contributed by atoms with Crippen molar-refractivity contribution in [3.05, 3.63) is 47.2 Å². The van der Waals surface area contributed by atoms with E-state index in [2.05, 4.69) is 4.98 Å². The number of halogens is 3. The minimum Gasteiger partial charge on any atom is -0.350 e. The van der Waals surface area contributed by atoms with Gasteiger partial charge in [0.25, 0.3) is 0 Å². The van der Waals surface area contributed by atoms with E-state index in [1.807, 2.05) is 12.1 Å². The normalized spacial score (nSPS) is 15.1. The topological polar surface area (TPSA) is 39.6 Å². The molecule has 1 heterocycles. The lowest BCUT2D eigenvalue weighted by atomic mass is 10.0. The molecule has 0 bridgehead atoms. The Hall–Kier alpha value is -2.22. The molecule has 5 heteroatoms. The van der Waals surface area contributed by atoms with Gasteiger partial charge in [-0.1, -0.05) is 24.3 Å². The zero-order chi connectivity index (χ0) is 14.3. The van der Waals surface area contributed by atoms with Crippen LogP contribution in [0.2, 0.25) is 0 Å². The predicted molar refractivity (Wildman–Crippen MR) is 67.9 cm³/mol. The van der Waals surface area contributed by atoms with Crippen LogP contribution < -0.4 is 0 Å². The van der Waals surface area contributed by atoms with Gasteiger partial charge in [0, 0.05) is 0 Å². The first kappa shape index (κ1) is 12.8. The van der Waals surface area contributed by atoms with Crippen LogP contribution in [0.4, 0.5) is 13.2 Å². The summed E-state index contributed by atoms with van der Waals surface area (Å²) in [5.74, 6) is 0.592. The molecule has 1 aliphatic carbocycles. The molecule has 0 spiro atoms. The molecule has 1 fully saturated rings. The lowest BCUT2D eigenvalue weighted by Gasteiger charge is -2.04. The van der Waals surface area contributed by atoms with Crippen molar-refractivity contribution in [2.75, 3.05) is 0 Å². The van der Waals surface area contributed by atoms with Gasteiger partial charge < -0.3 is 4.98 Å². The summed E-state index contributed by atoms with van der Waals surface area (Å²) in [6.07, 6.45) is -2.13. The summed E-state index contributed by atoms with van der Waals surface area (Å²) in [4.78, 5) is 2.31. The molecule has 1 N–H and O–H groups in total. The Balaban J connectivity index is 2.00. The van der Waals surface area contributed by atoms with E-state index >= 15 is 0 Å². The maximum atomic E-state index is 12.7. The number of hydrogen-bond acceptors (Lipinski definition) is 1. The second-order valence-electron chi connectivity index (χ2n) is 4.98. The van der Waals surface area contributed by atoms with Gasteiger partial charge in [-0.05, 0) is 36.0 Å². The Morgan fingerprint density at radius 3 is 2.30 bits per heavy atom. The number of H-pyrrole nitrogens is 1. The van der Waals surface area contributed by atoms with Crippen molar-refractivity contribution in [1.29, 1.82) is 5.26 Å². The first-order chi connectivity index (χ1) is 9.49. The lowest BCUT2D eigenvalue weighted by molar-refractivity contribution is -0.140. The van der Waals surface area contributed by atoms with Crippen LogP contribution in [-0.4, -0.2) is 4.98 Å². The summed E-state index contributed by atoms with van der Waals surface area (Å²) in [5, 5.41) is 8.97. The second kappa shape index (κ2) is 4.41. The predicted octanol–water partition coefficient (Wildman–Crippen LogP) is 4.45. The van der Waals surface area contributed by atoms with Crippen molar-refractivity contribution in [2.45, 2.75) is 24.9 Å². The summed E-state index contributed by atoms with van der Waals surface area (Å²) in [6.45, 7) is 0. The van der Waals surface area contributed by atoms with E-state index in [4.69, 9.17) is 5.26 Å². The molecular weight excluding hydrogens is 265 g/mol. The number of nitrogens with one attached hydrogen (secondary N) is 1. The van der Waals surface area contributed by atoms with Crippen LogP contribution in [0.3, 0.4) is 0 Å². The highest BCUT2D eigenvalue weighted by molar-refractivity contribution is 5.68. The molecule has 1 saturated carbocycles. The Bertz CT molecular complexity index is 671. The number of rotatable bonds is 2. The van der Waals surface area contributed by atoms with Crippen molar-refractivity contribution >= 4 is 0 Å². The summed E-state index contributed by atoms with van der Waals surface area (Å²) < 4.78 is 38.0. The largest absolute Gasteiger partial charge is 0.431 e. The SMILES string of the molecule is N#Cc1cc(C(F)(F)F)[nH]c1-c1ccc(C2CC2)cc1. The summed E-state index contributed by atoms with van der Waals surface area (Å²) in [7, 11) is 0. The van der Waals surface area contributed by atoms with Crippen molar-refractivity contribution in [3.8, 4) is 17.3 Å². The van der Waals surface area contributed by atoms with Gasteiger partial charge in [0.1, 0.15) is 11.8 Å². The first-order valence-corrected chi connectivity index (χ1v) is 6.29. The van der Waals surface area contributed by atoms with Crippen LogP contribution in [-0.2, 0) is 6.18 Å². The van der Waals surface area contributed by atoms with Crippen LogP contribution in [0.1, 0.15) is 35.6 Å². The van der Waals surface area contributed by atoms with E-state index in [0.29, 0.717) is 11.5 Å². The van der Waals surface area contributed by atoms with Gasteiger partial charge in [0.05, 0.1) is 11.3 Å². The van der Waals surface area contributed by atoms with Crippen molar-refractivity contribution in [1.82, 2.24) is 4.98 Å². The maximum Gasteiger partial charge on any atom is 0.431 e. The average molecular weight is 276 g/mol. The highest BCUT2D eigenvalue weighted by atomic mass is 19.4. The Kier molecular flexibility index (Phi) is 2.82. The fourth-order valence-corrected chi connectivity index (χ4v) is 2.26. The maximum absolute atomic E-state index is 12.7. The molecule has 2 nitrogen and oxygen atoms in total. The van der Waals surface area contributed by atoms with E-state index < -0.39 is 11.9 Å². The van der Waals surface area contributed by atoms with E-state index in [9.17, 15) is 13.2 Å². The Morgan fingerprint density at radius 1 is 1.15 bits per heavy atom. The number of aromatic amines is 1. The van der Waals surface area contributed by atoms with Gasteiger partial charge in [-0.3, -0.25) is 0 Å². The van der Waals surface area contributed by atoms with Crippen molar-refractivity contribution in [3.63, 3.8) is 0 Å². The third kappa shape index (κ3) is 2.29. The molecule has 0 radical (unpaired) electrons. The van der Waals surface area contributed by atoms with Crippen LogP contribution in [0.25, 0.3) is 11.3 Å². The monoisotopic (exact) mass is 276 g/mol. The van der Waals surface area contributed by atoms with Gasteiger partial charge in [-0.2, -0.15) is 18.4 Å². The number of nitriles is 1. The van der Waals surface area contributed by atoms with Gasteiger partial charge >= 0.3 is 6.18 Å². The van der Waals surface area contributed by atoms with Gasteiger partial charge in [0.15, 0.2) is 0 Å². The number of alkyl halides is 3. The highest BCUT2D eigenvalue weighted by Crippen LogP contribution is 2.40. The van der Waals surface area contributed by atoms with Gasteiger partial charge in [-0.15, -0.1) is 0 Å². The molecule has 0 saturated heterocycles. The Labute approximate surface area is 113 Å². The van der Waals surface area contributed by atoms with E-state index in [0.717, 1.165) is 6.07 Å². The number of nitrogens with zero attached hydrogens (tertiary/aromatic N) is 1. The molecule has 1 aromatic heterocycles. The van der Waals surface area contributed by atoms with Crippen molar-refractivity contribution in [2.24, 2.45) is 0 Å². The van der Waals surface area contributed by atoms with Crippen molar-refractivity contribution < 1.29 is 13.2 Å². The van der Waals surface area contributed by atoms with Crippen LogP contribution in [0.15, 0.2) is 30.3 Å². The molecule has 20 heavy (non-hydrogen) atoms. The molecule has 0 amide bonds. The summed E-state index contributed by atoms with van der Waals surface area (Å²) >= 11 is 0. The minimum atomic E-state index is -4.47. The van der Waals surface area contributed by atoms with E-state index in [1.54, 1.807) is 18.2 Å². The fraction of sp³-hybridized carbons (Fsp3) is 0.267. The van der Waals surface area contributed by atoms with Crippen LogP contribution >= 0.6 is 0 Å². The van der Waals surface area contributed by atoms with E-state index in [-0.39, 0.29) is 11.3 Å². The fourth-order valence-electron chi connectivity index (χ4n) is 2.26. The van der Waals surface area contributed by atoms with Gasteiger partial charge in [-0.25, -0.2) is 0 Å². The smallest absolute Gasteiger partial charge is 0.350 e. The molecule has 0 aliphatic heterocycles. The van der Waals surface area contributed by atoms with Gasteiger partial charge in [0.2, 0.25) is 0 Å². The first-order valence-electron chi connectivity index (χ1n) is 6.29. The lowest BCUT2D eigenvalue weighted by Crippen LogP contribution is -2.04. The minimum absolute atomic E-state index is 0.0106. The van der Waals surface area contributed by atoms with Crippen LogP contribution in [0.5, 0.6) is 0 Å². The second-order valence-corrected chi connectivity index (χ2v) is 4.98. The third-order valence-electron chi connectivity index (χ3n) is 3.49. The highest BCUT2D eigenvalue weighted by Gasteiger charge is 2.33. The summed E-state index contributed by atoms with van der Waals surface area (Å²) in [5.41, 5.74) is 1.14. The molecule has 102 valence electrons. The molecule has 2 aromatic rings. The average Bonchev–Trinajstić information content (AvgIpc) is 3.16. The summed E-state index contributed by atoms with van der Waals surface area (Å²) in [6, 6.07) is 10.0. The number of benzene rings is 1. The molecule has 0 unspecified atom stereocenters. The third-order valence-corrected chi connectivity index (χ3v) is 3.49. The quantitative estimate of drug-likeness (QED) is 0.864. The zero-order valence-corrected chi connectivity index (χ0v) is 10.5. The molecule has 1 aliphatic rings. The molecule has 0 atom stereocenters. The molecule has 1 aromatic carbocycles. The number of hydrogen-bond donors (Lipinski definition) is 1.